The second kappa shape index (κ2) is 15.9. The predicted molar refractivity (Wildman–Crippen MR) is 153 cm³/mol. The molecule has 3 rings (SSSR count). The third-order valence-electron chi connectivity index (χ3n) is 6.40. The first kappa shape index (κ1) is 28.5. The molecule has 6 nitrogen and oxygen atoms in total. The number of amides is 2. The predicted octanol–water partition coefficient (Wildman–Crippen LogP) is 7.10. The molecule has 0 aliphatic heterocycles. The van der Waals surface area contributed by atoms with Crippen LogP contribution in [0.25, 0.3) is 10.6 Å². The number of nitrogens with zero attached hydrogens (tertiary/aromatic N) is 2. The van der Waals surface area contributed by atoms with Crippen molar-refractivity contribution >= 4 is 28.3 Å². The molecule has 7 heteroatoms. The molecule has 2 N–H and O–H groups in total. The average molecular weight is 521 g/mol. The molecule has 1 unspecified atom stereocenters. The number of anilines is 1. The van der Waals surface area contributed by atoms with Gasteiger partial charge in [0, 0.05) is 18.4 Å². The minimum absolute atomic E-state index is 0.0864. The maximum absolute atomic E-state index is 13.2. The lowest BCUT2D eigenvalue weighted by Crippen LogP contribution is -2.45. The summed E-state index contributed by atoms with van der Waals surface area (Å²) in [6, 6.07) is 17.1. The Hall–Kier alpha value is -3.06. The van der Waals surface area contributed by atoms with Gasteiger partial charge >= 0.3 is 0 Å². The van der Waals surface area contributed by atoms with Crippen LogP contribution < -0.4 is 10.6 Å². The molecule has 0 bridgehead atoms. The average Bonchev–Trinajstić information content (AvgIpc) is 3.36. The second-order valence-electron chi connectivity index (χ2n) is 9.66. The van der Waals surface area contributed by atoms with Gasteiger partial charge in [-0.25, -0.2) is 0 Å². The van der Waals surface area contributed by atoms with Crippen molar-refractivity contribution < 1.29 is 9.59 Å². The third-order valence-corrected chi connectivity index (χ3v) is 7.28. The van der Waals surface area contributed by atoms with E-state index in [1.54, 1.807) is 0 Å². The molecule has 1 aromatic heterocycles. The van der Waals surface area contributed by atoms with Crippen molar-refractivity contribution in [1.82, 2.24) is 15.5 Å². The number of carbonyl (C=O) groups excluding carboxylic acids is 2. The summed E-state index contributed by atoms with van der Waals surface area (Å²) >= 11 is 1.32. The van der Waals surface area contributed by atoms with Crippen molar-refractivity contribution in [1.29, 1.82) is 0 Å². The second-order valence-corrected chi connectivity index (χ2v) is 10.6. The highest BCUT2D eigenvalue weighted by atomic mass is 32.1. The van der Waals surface area contributed by atoms with E-state index < -0.39 is 6.04 Å². The van der Waals surface area contributed by atoms with Gasteiger partial charge in [-0.15, -0.1) is 10.2 Å². The quantitative estimate of drug-likeness (QED) is 0.197. The van der Waals surface area contributed by atoms with Crippen LogP contribution >= 0.6 is 11.3 Å². The molecule has 2 amide bonds. The Bertz CT molecular complexity index is 1080. The van der Waals surface area contributed by atoms with Gasteiger partial charge in [0.15, 0.2) is 0 Å². The number of unbranched alkanes of at least 4 members (excludes halogenated alkanes) is 8. The van der Waals surface area contributed by atoms with Crippen molar-refractivity contribution in [2.45, 2.75) is 90.5 Å². The van der Waals surface area contributed by atoms with Crippen LogP contribution in [0.15, 0.2) is 54.6 Å². The van der Waals surface area contributed by atoms with Crippen LogP contribution in [-0.2, 0) is 16.0 Å². The zero-order chi connectivity index (χ0) is 26.3. The van der Waals surface area contributed by atoms with Crippen LogP contribution in [0.5, 0.6) is 0 Å². The molecular weight excluding hydrogens is 480 g/mol. The molecule has 198 valence electrons. The van der Waals surface area contributed by atoms with Gasteiger partial charge < -0.3 is 5.32 Å². The minimum atomic E-state index is -0.680. The summed E-state index contributed by atoms with van der Waals surface area (Å²) in [7, 11) is 0. The summed E-state index contributed by atoms with van der Waals surface area (Å²) in [5.74, 6) is -0.368. The summed E-state index contributed by atoms with van der Waals surface area (Å²) in [6.45, 7) is 4.27. The smallest absolute Gasteiger partial charge is 0.249 e. The van der Waals surface area contributed by atoms with E-state index in [0.29, 0.717) is 18.0 Å². The van der Waals surface area contributed by atoms with Gasteiger partial charge in [-0.2, -0.15) is 0 Å². The number of hydrogen-bond acceptors (Lipinski definition) is 5. The molecular formula is C30H40N4O2S. The molecule has 2 aromatic carbocycles. The lowest BCUT2D eigenvalue weighted by molar-refractivity contribution is -0.126. The van der Waals surface area contributed by atoms with Gasteiger partial charge in [-0.05, 0) is 18.9 Å². The molecule has 0 radical (unpaired) electrons. The van der Waals surface area contributed by atoms with E-state index in [1.807, 2.05) is 61.5 Å². The van der Waals surface area contributed by atoms with E-state index in [9.17, 15) is 9.59 Å². The van der Waals surface area contributed by atoms with Crippen LogP contribution in [0.3, 0.4) is 0 Å². The molecule has 0 saturated carbocycles. The Labute approximate surface area is 225 Å². The Morgan fingerprint density at radius 2 is 1.49 bits per heavy atom. The molecule has 3 aromatic rings. The standard InChI is InChI=1S/C30H40N4O2S/c1-3-4-5-6-7-8-9-10-14-17-27(35)31-26(22-24-15-12-11-13-16-24)28(36)32-30-34-33-29(37-30)25-20-18-23(2)19-21-25/h11-13,15-16,18-21,26H,3-10,14,17,22H2,1-2H3,(H,31,35)(H,32,34,36). The number of aromatic nitrogens is 2. The van der Waals surface area contributed by atoms with Gasteiger partial charge in [0.05, 0.1) is 0 Å². The zero-order valence-corrected chi connectivity index (χ0v) is 23.0. The van der Waals surface area contributed by atoms with Crippen molar-refractivity contribution in [2.75, 3.05) is 5.32 Å². The molecule has 37 heavy (non-hydrogen) atoms. The van der Waals surface area contributed by atoms with Crippen molar-refractivity contribution in [3.8, 4) is 10.6 Å². The highest BCUT2D eigenvalue weighted by Gasteiger charge is 2.22. The first-order valence-electron chi connectivity index (χ1n) is 13.6. The Kier molecular flexibility index (Phi) is 12.3. The Morgan fingerprint density at radius 3 is 2.16 bits per heavy atom. The molecule has 1 heterocycles. The lowest BCUT2D eigenvalue weighted by Gasteiger charge is -2.18. The van der Waals surface area contributed by atoms with E-state index in [4.69, 9.17) is 0 Å². The summed E-state index contributed by atoms with van der Waals surface area (Å²) in [4.78, 5) is 25.9. The third kappa shape index (κ3) is 10.4. The summed E-state index contributed by atoms with van der Waals surface area (Å²) < 4.78 is 0. The summed E-state index contributed by atoms with van der Waals surface area (Å²) in [6.07, 6.45) is 11.6. The van der Waals surface area contributed by atoms with Gasteiger partial charge in [-0.1, -0.05) is 130 Å². The molecule has 0 aliphatic rings. The minimum Gasteiger partial charge on any atom is -0.344 e. The van der Waals surface area contributed by atoms with Crippen molar-refractivity contribution in [2.24, 2.45) is 0 Å². The van der Waals surface area contributed by atoms with Crippen LogP contribution in [0.4, 0.5) is 5.13 Å². The summed E-state index contributed by atoms with van der Waals surface area (Å²) in [5, 5.41) is 15.4. The monoisotopic (exact) mass is 520 g/mol. The number of benzene rings is 2. The van der Waals surface area contributed by atoms with Crippen molar-refractivity contribution in [3.63, 3.8) is 0 Å². The SMILES string of the molecule is CCCCCCCCCCCC(=O)NC(Cc1ccccc1)C(=O)Nc1nnc(-c2ccc(C)cc2)s1. The first-order chi connectivity index (χ1) is 18.0. The van der Waals surface area contributed by atoms with E-state index in [1.165, 1.54) is 55.4 Å². The van der Waals surface area contributed by atoms with E-state index in [2.05, 4.69) is 27.8 Å². The number of carbonyl (C=O) groups is 2. The van der Waals surface area contributed by atoms with Gasteiger partial charge in [-0.3, -0.25) is 14.9 Å². The van der Waals surface area contributed by atoms with Gasteiger partial charge in [0.25, 0.3) is 0 Å². The van der Waals surface area contributed by atoms with Crippen LogP contribution in [0, 0.1) is 6.92 Å². The number of nitrogens with one attached hydrogen (secondary N) is 2. The summed E-state index contributed by atoms with van der Waals surface area (Å²) in [5.41, 5.74) is 3.12. The highest BCUT2D eigenvalue weighted by Crippen LogP contribution is 2.26. The van der Waals surface area contributed by atoms with E-state index >= 15 is 0 Å². The molecule has 0 spiro atoms. The normalized spacial score (nSPS) is 11.7. The first-order valence-corrected chi connectivity index (χ1v) is 14.4. The maximum atomic E-state index is 13.2. The fourth-order valence-corrected chi connectivity index (χ4v) is 4.95. The molecule has 0 saturated heterocycles. The molecule has 0 aliphatic carbocycles. The number of rotatable bonds is 16. The van der Waals surface area contributed by atoms with Gasteiger partial charge in [0.2, 0.25) is 16.9 Å². The van der Waals surface area contributed by atoms with Crippen molar-refractivity contribution in [3.05, 3.63) is 65.7 Å². The van der Waals surface area contributed by atoms with Crippen LogP contribution in [0.1, 0.15) is 82.3 Å². The van der Waals surface area contributed by atoms with E-state index in [-0.39, 0.29) is 11.8 Å². The zero-order valence-electron chi connectivity index (χ0n) is 22.2. The maximum Gasteiger partial charge on any atom is 0.249 e. The Balaban J connectivity index is 1.51. The fourth-order valence-electron chi connectivity index (χ4n) is 4.20. The van der Waals surface area contributed by atoms with Crippen LogP contribution in [-0.4, -0.2) is 28.1 Å². The largest absolute Gasteiger partial charge is 0.344 e. The fraction of sp³-hybridized carbons (Fsp3) is 0.467. The number of aryl methyl sites for hydroxylation is 1. The Morgan fingerprint density at radius 1 is 0.838 bits per heavy atom. The molecule has 0 fully saturated rings. The topological polar surface area (TPSA) is 84.0 Å². The van der Waals surface area contributed by atoms with Crippen LogP contribution in [0.2, 0.25) is 0 Å². The lowest BCUT2D eigenvalue weighted by atomic mass is 10.0. The molecule has 1 atom stereocenters. The van der Waals surface area contributed by atoms with Gasteiger partial charge in [0.1, 0.15) is 11.0 Å². The highest BCUT2D eigenvalue weighted by molar-refractivity contribution is 7.18. The van der Waals surface area contributed by atoms with E-state index in [0.717, 1.165) is 35.4 Å². The number of hydrogen-bond donors (Lipinski definition) is 2.